The van der Waals surface area contributed by atoms with Crippen LogP contribution in [0.25, 0.3) is 0 Å². The number of thioether (sulfide) groups is 2. The second-order valence-corrected chi connectivity index (χ2v) is 8.40. The number of carboxylic acid groups (broad SMARTS) is 1. The van der Waals surface area contributed by atoms with Crippen molar-refractivity contribution >= 4 is 35.4 Å². The van der Waals surface area contributed by atoms with Gasteiger partial charge in [-0.15, -0.1) is 0 Å². The number of fused-ring (bicyclic) bond motifs is 1. The molecule has 0 radical (unpaired) electrons. The number of carbonyl (C=O) groups is 2. The summed E-state index contributed by atoms with van der Waals surface area (Å²) in [4.78, 5) is 28.3. The molecule has 3 aliphatic heterocycles. The molecular formula is C14H22N2O3S2. The van der Waals surface area contributed by atoms with Crippen molar-refractivity contribution in [1.82, 2.24) is 9.80 Å². The lowest BCUT2D eigenvalue weighted by Gasteiger charge is -2.29. The van der Waals surface area contributed by atoms with E-state index < -0.39 is 11.4 Å². The normalized spacial score (nSPS) is 35.0. The summed E-state index contributed by atoms with van der Waals surface area (Å²) in [6, 6.07) is 0.409. The van der Waals surface area contributed by atoms with Crippen LogP contribution in [0.15, 0.2) is 0 Å². The van der Waals surface area contributed by atoms with E-state index in [1.807, 2.05) is 30.4 Å². The molecule has 2 atom stereocenters. The maximum absolute atomic E-state index is 12.4. The van der Waals surface area contributed by atoms with Crippen LogP contribution in [-0.2, 0) is 9.59 Å². The van der Waals surface area contributed by atoms with Crippen LogP contribution in [0.3, 0.4) is 0 Å². The van der Waals surface area contributed by atoms with Crippen molar-refractivity contribution in [3.8, 4) is 0 Å². The number of aliphatic carboxylic acids is 1. The lowest BCUT2D eigenvalue weighted by molar-refractivity contribution is -0.149. The minimum Gasteiger partial charge on any atom is -0.481 e. The molecule has 0 aromatic rings. The van der Waals surface area contributed by atoms with Crippen LogP contribution in [0.4, 0.5) is 0 Å². The van der Waals surface area contributed by atoms with Gasteiger partial charge in [-0.3, -0.25) is 14.5 Å². The third-order valence-electron chi connectivity index (χ3n) is 4.97. The SMILES string of the molecule is CCN1C[C@@]2(C(=O)O)CN(C3CSCCSC3)C[C@H]2C1=O. The molecule has 3 aliphatic rings. The largest absolute Gasteiger partial charge is 0.481 e. The zero-order valence-corrected chi connectivity index (χ0v) is 13.9. The molecule has 0 saturated carbocycles. The topological polar surface area (TPSA) is 60.9 Å². The van der Waals surface area contributed by atoms with E-state index in [9.17, 15) is 14.7 Å². The summed E-state index contributed by atoms with van der Waals surface area (Å²) in [7, 11) is 0. The van der Waals surface area contributed by atoms with Gasteiger partial charge in [0.1, 0.15) is 5.41 Å². The van der Waals surface area contributed by atoms with E-state index in [2.05, 4.69) is 4.90 Å². The number of hydrogen-bond acceptors (Lipinski definition) is 5. The molecule has 1 N–H and O–H groups in total. The molecule has 21 heavy (non-hydrogen) atoms. The molecule has 0 aromatic heterocycles. The Bertz CT molecular complexity index is 440. The molecule has 7 heteroatoms. The Balaban J connectivity index is 1.79. The fourth-order valence-electron chi connectivity index (χ4n) is 3.71. The number of hydrogen-bond donors (Lipinski definition) is 1. The maximum atomic E-state index is 12.4. The maximum Gasteiger partial charge on any atom is 0.313 e. The van der Waals surface area contributed by atoms with E-state index in [1.54, 1.807) is 4.90 Å². The highest BCUT2D eigenvalue weighted by atomic mass is 32.2. The van der Waals surface area contributed by atoms with Crippen LogP contribution in [0.5, 0.6) is 0 Å². The van der Waals surface area contributed by atoms with Crippen molar-refractivity contribution in [2.24, 2.45) is 11.3 Å². The van der Waals surface area contributed by atoms with Crippen LogP contribution in [-0.4, -0.2) is 82.0 Å². The lowest BCUT2D eigenvalue weighted by atomic mass is 9.81. The third-order valence-corrected chi connectivity index (χ3v) is 7.45. The van der Waals surface area contributed by atoms with E-state index in [4.69, 9.17) is 0 Å². The van der Waals surface area contributed by atoms with Crippen molar-refractivity contribution in [3.63, 3.8) is 0 Å². The average Bonchev–Trinajstić information content (AvgIpc) is 2.81. The molecule has 1 amide bonds. The van der Waals surface area contributed by atoms with E-state index >= 15 is 0 Å². The summed E-state index contributed by atoms with van der Waals surface area (Å²) in [6.07, 6.45) is 0. The minimum absolute atomic E-state index is 0.0383. The summed E-state index contributed by atoms with van der Waals surface area (Å²) in [5.41, 5.74) is -0.880. The summed E-state index contributed by atoms with van der Waals surface area (Å²) in [6.45, 7) is 4.06. The molecule has 0 aliphatic carbocycles. The Morgan fingerprint density at radius 3 is 2.52 bits per heavy atom. The Morgan fingerprint density at radius 2 is 2.00 bits per heavy atom. The summed E-state index contributed by atoms with van der Waals surface area (Å²) >= 11 is 3.89. The smallest absolute Gasteiger partial charge is 0.313 e. The molecular weight excluding hydrogens is 308 g/mol. The van der Waals surface area contributed by atoms with Crippen LogP contribution in [0.1, 0.15) is 6.92 Å². The number of likely N-dealkylation sites (tertiary alicyclic amines) is 2. The predicted octanol–water partition coefficient (Wildman–Crippen LogP) is 0.700. The van der Waals surface area contributed by atoms with Gasteiger partial charge in [0.05, 0.1) is 5.92 Å². The van der Waals surface area contributed by atoms with Gasteiger partial charge in [0.15, 0.2) is 0 Å². The fraction of sp³-hybridized carbons (Fsp3) is 0.857. The van der Waals surface area contributed by atoms with Gasteiger partial charge in [0, 0.05) is 55.2 Å². The molecule has 3 rings (SSSR count). The fourth-order valence-corrected chi connectivity index (χ4v) is 6.33. The number of carboxylic acids is 1. The van der Waals surface area contributed by atoms with Gasteiger partial charge in [-0.1, -0.05) is 0 Å². The van der Waals surface area contributed by atoms with Crippen LogP contribution < -0.4 is 0 Å². The third kappa shape index (κ3) is 2.57. The Hall–Kier alpha value is -0.400. The predicted molar refractivity (Wildman–Crippen MR) is 85.8 cm³/mol. The highest BCUT2D eigenvalue weighted by molar-refractivity contribution is 8.03. The lowest BCUT2D eigenvalue weighted by Crippen LogP contribution is -2.44. The Morgan fingerprint density at radius 1 is 1.33 bits per heavy atom. The van der Waals surface area contributed by atoms with Crippen LogP contribution in [0, 0.1) is 11.3 Å². The summed E-state index contributed by atoms with van der Waals surface area (Å²) in [5.74, 6) is 3.34. The molecule has 3 fully saturated rings. The van der Waals surface area contributed by atoms with Gasteiger partial charge in [0.25, 0.3) is 0 Å². The van der Waals surface area contributed by atoms with Gasteiger partial charge in [-0.25, -0.2) is 0 Å². The van der Waals surface area contributed by atoms with Gasteiger partial charge >= 0.3 is 5.97 Å². The zero-order chi connectivity index (χ0) is 15.0. The van der Waals surface area contributed by atoms with Gasteiger partial charge in [-0.2, -0.15) is 23.5 Å². The first-order valence-corrected chi connectivity index (χ1v) is 9.81. The highest BCUT2D eigenvalue weighted by Gasteiger charge is 2.62. The monoisotopic (exact) mass is 330 g/mol. The molecule has 0 aromatic carbocycles. The minimum atomic E-state index is -0.880. The molecule has 118 valence electrons. The Kier molecular flexibility index (Phi) is 4.43. The van der Waals surface area contributed by atoms with E-state index in [0.717, 1.165) is 11.5 Å². The quantitative estimate of drug-likeness (QED) is 0.822. The second-order valence-electron chi connectivity index (χ2n) is 6.10. The molecule has 0 unspecified atom stereocenters. The average molecular weight is 330 g/mol. The van der Waals surface area contributed by atoms with Crippen molar-refractivity contribution in [2.75, 3.05) is 49.2 Å². The van der Waals surface area contributed by atoms with E-state index in [0.29, 0.717) is 32.2 Å². The number of amides is 1. The Labute approximate surface area is 133 Å². The first-order chi connectivity index (χ1) is 10.1. The summed E-state index contributed by atoms with van der Waals surface area (Å²) < 4.78 is 0. The van der Waals surface area contributed by atoms with E-state index in [1.165, 1.54) is 11.5 Å². The first kappa shape index (κ1) is 15.5. The van der Waals surface area contributed by atoms with Gasteiger partial charge in [-0.05, 0) is 6.92 Å². The first-order valence-electron chi connectivity index (χ1n) is 7.50. The molecule has 5 nitrogen and oxygen atoms in total. The van der Waals surface area contributed by atoms with Crippen LogP contribution in [0.2, 0.25) is 0 Å². The summed E-state index contributed by atoms with van der Waals surface area (Å²) in [5, 5.41) is 9.76. The van der Waals surface area contributed by atoms with Gasteiger partial charge in [0.2, 0.25) is 5.91 Å². The van der Waals surface area contributed by atoms with Crippen molar-refractivity contribution < 1.29 is 14.7 Å². The number of nitrogens with zero attached hydrogens (tertiary/aromatic N) is 2. The van der Waals surface area contributed by atoms with Gasteiger partial charge < -0.3 is 10.0 Å². The van der Waals surface area contributed by atoms with Crippen LogP contribution >= 0.6 is 23.5 Å². The standard InChI is InChI=1S/C14H22N2O3S2/c1-2-15-8-14(13(18)19)9-16(5-11(14)12(15)17)10-6-20-3-4-21-7-10/h10-11H,2-9H2,1H3,(H,18,19)/t11-,14+/m0/s1. The number of rotatable bonds is 3. The molecule has 3 saturated heterocycles. The second kappa shape index (κ2) is 6.01. The molecule has 0 bridgehead atoms. The van der Waals surface area contributed by atoms with Crippen molar-refractivity contribution in [3.05, 3.63) is 0 Å². The molecule has 0 spiro atoms. The van der Waals surface area contributed by atoms with Crippen molar-refractivity contribution in [2.45, 2.75) is 13.0 Å². The van der Waals surface area contributed by atoms with E-state index in [-0.39, 0.29) is 11.8 Å². The molecule has 3 heterocycles. The zero-order valence-electron chi connectivity index (χ0n) is 12.3. The highest BCUT2D eigenvalue weighted by Crippen LogP contribution is 2.44. The number of carbonyl (C=O) groups excluding carboxylic acids is 1. The van der Waals surface area contributed by atoms with Crippen molar-refractivity contribution in [1.29, 1.82) is 0 Å².